The van der Waals surface area contributed by atoms with Crippen molar-refractivity contribution >= 4 is 16.9 Å². The third-order valence-electron chi connectivity index (χ3n) is 6.76. The van der Waals surface area contributed by atoms with Gasteiger partial charge in [-0.15, -0.1) is 0 Å². The molecule has 1 saturated carbocycles. The molecule has 2 aliphatic heterocycles. The molecule has 2 aromatic heterocycles. The van der Waals surface area contributed by atoms with E-state index in [2.05, 4.69) is 31.4 Å². The lowest BCUT2D eigenvalue weighted by Gasteiger charge is -2.39. The van der Waals surface area contributed by atoms with Gasteiger partial charge in [0, 0.05) is 44.6 Å². The van der Waals surface area contributed by atoms with Crippen LogP contribution in [0.15, 0.2) is 12.5 Å². The fourth-order valence-corrected chi connectivity index (χ4v) is 5.15. The lowest BCUT2D eigenvalue weighted by atomic mass is 9.89. The minimum absolute atomic E-state index is 0.493. The molecule has 0 aromatic carbocycles. The molecule has 3 fully saturated rings. The number of nitrogens with zero attached hydrogens (tertiary/aromatic N) is 3. The molecular formula is C21H31N5O2. The van der Waals surface area contributed by atoms with Crippen molar-refractivity contribution < 1.29 is 9.47 Å². The van der Waals surface area contributed by atoms with Gasteiger partial charge in [0.05, 0.1) is 18.6 Å². The number of nitrogens with one attached hydrogen (secondary N) is 2. The molecule has 5 rings (SSSR count). The van der Waals surface area contributed by atoms with E-state index in [0.717, 1.165) is 69.9 Å². The summed E-state index contributed by atoms with van der Waals surface area (Å²) in [6.07, 6.45) is 10.9. The van der Waals surface area contributed by atoms with Crippen molar-refractivity contribution in [3.63, 3.8) is 0 Å². The molecule has 0 radical (unpaired) electrons. The minimum Gasteiger partial charge on any atom is -0.381 e. The Morgan fingerprint density at radius 2 is 1.68 bits per heavy atom. The van der Waals surface area contributed by atoms with E-state index in [1.54, 1.807) is 6.33 Å². The van der Waals surface area contributed by atoms with Gasteiger partial charge in [0.1, 0.15) is 17.8 Å². The van der Waals surface area contributed by atoms with Gasteiger partial charge in [-0.3, -0.25) is 4.90 Å². The number of rotatable bonds is 4. The minimum atomic E-state index is 0.493. The number of aromatic nitrogens is 3. The monoisotopic (exact) mass is 385 g/mol. The van der Waals surface area contributed by atoms with Crippen LogP contribution < -0.4 is 5.32 Å². The first-order chi connectivity index (χ1) is 13.9. The van der Waals surface area contributed by atoms with Crippen molar-refractivity contribution in [2.24, 2.45) is 0 Å². The Morgan fingerprint density at radius 3 is 2.46 bits per heavy atom. The number of aromatic amines is 1. The summed E-state index contributed by atoms with van der Waals surface area (Å²) in [5, 5.41) is 4.95. The van der Waals surface area contributed by atoms with Crippen molar-refractivity contribution in [1.82, 2.24) is 19.9 Å². The van der Waals surface area contributed by atoms with Gasteiger partial charge in [-0.1, -0.05) is 0 Å². The highest BCUT2D eigenvalue weighted by atomic mass is 16.5. The molecule has 152 valence electrons. The summed E-state index contributed by atoms with van der Waals surface area (Å²) in [6, 6.07) is 1.21. The predicted octanol–water partition coefficient (Wildman–Crippen LogP) is 2.91. The van der Waals surface area contributed by atoms with Gasteiger partial charge in [0.25, 0.3) is 0 Å². The Morgan fingerprint density at radius 1 is 0.929 bits per heavy atom. The van der Waals surface area contributed by atoms with E-state index in [-0.39, 0.29) is 0 Å². The van der Waals surface area contributed by atoms with Crippen LogP contribution in [-0.4, -0.2) is 71.5 Å². The van der Waals surface area contributed by atoms with E-state index < -0.39 is 0 Å². The van der Waals surface area contributed by atoms with E-state index in [1.165, 1.54) is 36.6 Å². The number of anilines is 1. The van der Waals surface area contributed by atoms with Gasteiger partial charge in [0.15, 0.2) is 0 Å². The Hall–Kier alpha value is -1.70. The molecule has 0 unspecified atom stereocenters. The average Bonchev–Trinajstić information content (AvgIpc) is 3.21. The molecule has 28 heavy (non-hydrogen) atoms. The van der Waals surface area contributed by atoms with E-state index in [1.807, 2.05) is 0 Å². The normalized spacial score (nSPS) is 27.9. The molecule has 7 nitrogen and oxygen atoms in total. The van der Waals surface area contributed by atoms with Crippen molar-refractivity contribution in [2.75, 3.05) is 44.8 Å². The van der Waals surface area contributed by atoms with Gasteiger partial charge >= 0.3 is 0 Å². The second kappa shape index (κ2) is 8.35. The highest BCUT2D eigenvalue weighted by molar-refractivity contribution is 5.90. The quantitative estimate of drug-likeness (QED) is 0.843. The molecule has 0 bridgehead atoms. The van der Waals surface area contributed by atoms with Crippen LogP contribution in [0, 0.1) is 0 Å². The predicted molar refractivity (Wildman–Crippen MR) is 109 cm³/mol. The summed E-state index contributed by atoms with van der Waals surface area (Å²) in [5.74, 6) is 1.54. The number of hydrogen-bond acceptors (Lipinski definition) is 6. The van der Waals surface area contributed by atoms with Crippen LogP contribution in [0.5, 0.6) is 0 Å². The fourth-order valence-electron chi connectivity index (χ4n) is 5.15. The van der Waals surface area contributed by atoms with Crippen LogP contribution in [-0.2, 0) is 9.47 Å². The maximum absolute atomic E-state index is 5.55. The van der Waals surface area contributed by atoms with E-state index in [9.17, 15) is 0 Å². The van der Waals surface area contributed by atoms with Crippen LogP contribution in [0.3, 0.4) is 0 Å². The molecule has 2 saturated heterocycles. The second-order valence-corrected chi connectivity index (χ2v) is 8.37. The molecular weight excluding hydrogens is 354 g/mol. The van der Waals surface area contributed by atoms with Crippen LogP contribution >= 0.6 is 0 Å². The fraction of sp³-hybridized carbons (Fsp3) is 0.714. The molecule has 0 amide bonds. The standard InChI is InChI=1S/C21H31N5O2/c1-3-17(26-7-11-28-12-8-26)4-2-16(1)25-21-19-18(15-5-9-27-10-6-15)13-22-20(19)23-14-24-21/h13-17H,1-12H2,(H2,22,23,24,25). The third-order valence-corrected chi connectivity index (χ3v) is 6.76. The second-order valence-electron chi connectivity index (χ2n) is 8.37. The Kier molecular flexibility index (Phi) is 5.47. The summed E-state index contributed by atoms with van der Waals surface area (Å²) in [7, 11) is 0. The number of hydrogen-bond donors (Lipinski definition) is 2. The average molecular weight is 386 g/mol. The smallest absolute Gasteiger partial charge is 0.143 e. The first kappa shape index (κ1) is 18.3. The summed E-state index contributed by atoms with van der Waals surface area (Å²) in [4.78, 5) is 15.1. The van der Waals surface area contributed by atoms with Crippen LogP contribution in [0.4, 0.5) is 5.82 Å². The maximum Gasteiger partial charge on any atom is 0.143 e. The summed E-state index contributed by atoms with van der Waals surface area (Å²) >= 11 is 0. The van der Waals surface area contributed by atoms with Crippen molar-refractivity contribution in [2.45, 2.75) is 56.5 Å². The lowest BCUT2D eigenvalue weighted by Crippen LogP contribution is -2.46. The maximum atomic E-state index is 5.55. The van der Waals surface area contributed by atoms with Gasteiger partial charge in [-0.05, 0) is 50.0 Å². The van der Waals surface area contributed by atoms with E-state index in [4.69, 9.17) is 9.47 Å². The SMILES string of the molecule is c1nc(NC2CCC(N3CCOCC3)CC2)c2c(C3CCOCC3)c[nH]c2n1. The van der Waals surface area contributed by atoms with Crippen molar-refractivity contribution in [3.8, 4) is 0 Å². The molecule has 4 heterocycles. The first-order valence-corrected chi connectivity index (χ1v) is 10.9. The highest BCUT2D eigenvalue weighted by Crippen LogP contribution is 2.35. The number of ether oxygens (including phenoxy) is 2. The first-order valence-electron chi connectivity index (χ1n) is 10.9. The van der Waals surface area contributed by atoms with E-state index >= 15 is 0 Å². The largest absolute Gasteiger partial charge is 0.381 e. The summed E-state index contributed by atoms with van der Waals surface area (Å²) in [5.41, 5.74) is 2.30. The molecule has 0 spiro atoms. The zero-order chi connectivity index (χ0) is 18.8. The van der Waals surface area contributed by atoms with Gasteiger partial charge in [-0.25, -0.2) is 9.97 Å². The van der Waals surface area contributed by atoms with Gasteiger partial charge in [0.2, 0.25) is 0 Å². The van der Waals surface area contributed by atoms with Crippen molar-refractivity contribution in [1.29, 1.82) is 0 Å². The van der Waals surface area contributed by atoms with Crippen molar-refractivity contribution in [3.05, 3.63) is 18.1 Å². The molecule has 2 aromatic rings. The number of morpholine rings is 1. The Labute approximate surface area is 166 Å². The van der Waals surface area contributed by atoms with Crippen LogP contribution in [0.1, 0.15) is 50.0 Å². The van der Waals surface area contributed by atoms with Crippen LogP contribution in [0.2, 0.25) is 0 Å². The summed E-state index contributed by atoms with van der Waals surface area (Å²) in [6.45, 7) is 5.65. The topological polar surface area (TPSA) is 75.3 Å². The van der Waals surface area contributed by atoms with Crippen LogP contribution in [0.25, 0.3) is 11.0 Å². The molecule has 0 atom stereocenters. The zero-order valence-corrected chi connectivity index (χ0v) is 16.5. The Bertz CT molecular complexity index is 774. The number of H-pyrrole nitrogens is 1. The molecule has 1 aliphatic carbocycles. The lowest BCUT2D eigenvalue weighted by molar-refractivity contribution is 0.00791. The number of fused-ring (bicyclic) bond motifs is 1. The molecule has 7 heteroatoms. The zero-order valence-electron chi connectivity index (χ0n) is 16.5. The van der Waals surface area contributed by atoms with Gasteiger partial charge < -0.3 is 19.8 Å². The third kappa shape index (κ3) is 3.75. The molecule has 2 N–H and O–H groups in total. The Balaban J connectivity index is 1.28. The highest BCUT2D eigenvalue weighted by Gasteiger charge is 2.28. The summed E-state index contributed by atoms with van der Waals surface area (Å²) < 4.78 is 11.1. The van der Waals surface area contributed by atoms with E-state index in [0.29, 0.717) is 12.0 Å². The van der Waals surface area contributed by atoms with Gasteiger partial charge in [-0.2, -0.15) is 0 Å². The molecule has 3 aliphatic rings.